The molecule has 0 aliphatic carbocycles. The number of rotatable bonds is 2. The van der Waals surface area contributed by atoms with Crippen molar-refractivity contribution in [1.82, 2.24) is 9.80 Å². The zero-order chi connectivity index (χ0) is 13.8. The van der Waals surface area contributed by atoms with Crippen molar-refractivity contribution in [3.05, 3.63) is 28.2 Å². The van der Waals surface area contributed by atoms with Crippen LogP contribution in [-0.2, 0) is 0 Å². The molecule has 0 saturated carbocycles. The van der Waals surface area contributed by atoms with E-state index in [0.29, 0.717) is 15.7 Å². The summed E-state index contributed by atoms with van der Waals surface area (Å²) in [7, 11) is 0. The number of urea groups is 1. The summed E-state index contributed by atoms with van der Waals surface area (Å²) in [6.07, 6.45) is 0. The molecule has 0 aromatic heterocycles. The standard InChI is InChI=1S/C13H17Cl2N3O/c1-2-17-5-7-18(8-6-17)13(19)16-12-4-3-10(14)9-11(12)15/h3-4,9H,2,5-8H2,1H3,(H,16,19). The Morgan fingerprint density at radius 1 is 1.26 bits per heavy atom. The molecule has 0 spiro atoms. The van der Waals surface area contributed by atoms with E-state index in [-0.39, 0.29) is 6.03 Å². The number of nitrogens with one attached hydrogen (secondary N) is 1. The first kappa shape index (κ1) is 14.4. The molecule has 2 rings (SSSR count). The number of hydrogen-bond donors (Lipinski definition) is 1. The van der Waals surface area contributed by atoms with Gasteiger partial charge in [0.25, 0.3) is 0 Å². The van der Waals surface area contributed by atoms with Crippen LogP contribution in [0.25, 0.3) is 0 Å². The molecule has 2 amide bonds. The fourth-order valence-electron chi connectivity index (χ4n) is 2.05. The molecule has 1 aromatic rings. The molecule has 0 bridgehead atoms. The minimum absolute atomic E-state index is 0.111. The normalized spacial score (nSPS) is 16.5. The second-order valence-electron chi connectivity index (χ2n) is 4.48. The van der Waals surface area contributed by atoms with Gasteiger partial charge < -0.3 is 15.1 Å². The van der Waals surface area contributed by atoms with Gasteiger partial charge in [0.05, 0.1) is 10.7 Å². The molecular formula is C13H17Cl2N3O. The molecule has 19 heavy (non-hydrogen) atoms. The van der Waals surface area contributed by atoms with Crippen LogP contribution in [0.15, 0.2) is 18.2 Å². The molecule has 1 saturated heterocycles. The largest absolute Gasteiger partial charge is 0.322 e. The SMILES string of the molecule is CCN1CCN(C(=O)Nc2ccc(Cl)cc2Cl)CC1. The molecule has 0 atom stereocenters. The van der Waals surface area contributed by atoms with Crippen LogP contribution in [0, 0.1) is 0 Å². The van der Waals surface area contributed by atoms with E-state index in [1.807, 2.05) is 0 Å². The fourth-order valence-corrected chi connectivity index (χ4v) is 2.51. The van der Waals surface area contributed by atoms with Gasteiger partial charge in [-0.25, -0.2) is 4.79 Å². The van der Waals surface area contributed by atoms with Crippen molar-refractivity contribution < 1.29 is 4.79 Å². The summed E-state index contributed by atoms with van der Waals surface area (Å²) in [5.41, 5.74) is 0.592. The van der Waals surface area contributed by atoms with Gasteiger partial charge in [0, 0.05) is 31.2 Å². The van der Waals surface area contributed by atoms with Gasteiger partial charge in [0.1, 0.15) is 0 Å². The fraction of sp³-hybridized carbons (Fsp3) is 0.462. The highest BCUT2D eigenvalue weighted by molar-refractivity contribution is 6.36. The van der Waals surface area contributed by atoms with Gasteiger partial charge in [0.2, 0.25) is 0 Å². The van der Waals surface area contributed by atoms with Crippen molar-refractivity contribution in [2.45, 2.75) is 6.92 Å². The van der Waals surface area contributed by atoms with Crippen LogP contribution >= 0.6 is 23.2 Å². The summed E-state index contributed by atoms with van der Waals surface area (Å²) in [4.78, 5) is 16.2. The quantitative estimate of drug-likeness (QED) is 0.911. The molecule has 1 fully saturated rings. The van der Waals surface area contributed by atoms with E-state index in [0.717, 1.165) is 32.7 Å². The zero-order valence-electron chi connectivity index (χ0n) is 10.8. The lowest BCUT2D eigenvalue weighted by atomic mass is 10.3. The predicted molar refractivity (Wildman–Crippen MR) is 79.2 cm³/mol. The van der Waals surface area contributed by atoms with E-state index >= 15 is 0 Å². The molecule has 1 aliphatic heterocycles. The number of nitrogens with zero attached hydrogens (tertiary/aromatic N) is 2. The average molecular weight is 302 g/mol. The summed E-state index contributed by atoms with van der Waals surface area (Å²) in [6.45, 7) is 6.47. The third-order valence-corrected chi connectivity index (χ3v) is 3.83. The van der Waals surface area contributed by atoms with E-state index in [1.165, 1.54) is 0 Å². The van der Waals surface area contributed by atoms with Crippen molar-refractivity contribution in [3.8, 4) is 0 Å². The Balaban J connectivity index is 1.94. The van der Waals surface area contributed by atoms with Crippen LogP contribution in [0.4, 0.5) is 10.5 Å². The van der Waals surface area contributed by atoms with Gasteiger partial charge in [-0.15, -0.1) is 0 Å². The van der Waals surface area contributed by atoms with E-state index in [2.05, 4.69) is 17.1 Å². The summed E-state index contributed by atoms with van der Waals surface area (Å²) < 4.78 is 0. The molecule has 104 valence electrons. The number of amides is 2. The third kappa shape index (κ3) is 3.75. The number of hydrogen-bond acceptors (Lipinski definition) is 2. The maximum Gasteiger partial charge on any atom is 0.321 e. The minimum Gasteiger partial charge on any atom is -0.322 e. The predicted octanol–water partition coefficient (Wildman–Crippen LogP) is 3.16. The highest BCUT2D eigenvalue weighted by atomic mass is 35.5. The number of benzene rings is 1. The number of anilines is 1. The van der Waals surface area contributed by atoms with Gasteiger partial charge in [-0.05, 0) is 24.7 Å². The molecule has 1 heterocycles. The molecule has 1 aromatic carbocycles. The first-order valence-electron chi connectivity index (χ1n) is 6.33. The van der Waals surface area contributed by atoms with E-state index in [4.69, 9.17) is 23.2 Å². The van der Waals surface area contributed by atoms with Crippen LogP contribution in [0.5, 0.6) is 0 Å². The smallest absolute Gasteiger partial charge is 0.321 e. The minimum atomic E-state index is -0.111. The second kappa shape index (κ2) is 6.46. The average Bonchev–Trinajstić information content (AvgIpc) is 2.42. The summed E-state index contributed by atoms with van der Waals surface area (Å²) in [6, 6.07) is 4.93. The highest BCUT2D eigenvalue weighted by Crippen LogP contribution is 2.25. The Bertz CT molecular complexity index is 459. The van der Waals surface area contributed by atoms with Crippen molar-refractivity contribution in [1.29, 1.82) is 0 Å². The summed E-state index contributed by atoms with van der Waals surface area (Å²) >= 11 is 11.9. The topological polar surface area (TPSA) is 35.6 Å². The maximum atomic E-state index is 12.1. The number of carbonyl (C=O) groups excluding carboxylic acids is 1. The van der Waals surface area contributed by atoms with Crippen LogP contribution < -0.4 is 5.32 Å². The first-order chi connectivity index (χ1) is 9.10. The van der Waals surface area contributed by atoms with E-state index in [1.54, 1.807) is 23.1 Å². The lowest BCUT2D eigenvalue weighted by Gasteiger charge is -2.34. The van der Waals surface area contributed by atoms with Crippen molar-refractivity contribution in [2.75, 3.05) is 38.0 Å². The van der Waals surface area contributed by atoms with Gasteiger partial charge in [-0.2, -0.15) is 0 Å². The van der Waals surface area contributed by atoms with Crippen molar-refractivity contribution >= 4 is 34.9 Å². The van der Waals surface area contributed by atoms with Gasteiger partial charge in [-0.3, -0.25) is 0 Å². The molecular weight excluding hydrogens is 285 g/mol. The monoisotopic (exact) mass is 301 g/mol. The number of piperazine rings is 1. The van der Waals surface area contributed by atoms with Crippen molar-refractivity contribution in [3.63, 3.8) is 0 Å². The lowest BCUT2D eigenvalue weighted by molar-refractivity contribution is 0.151. The Kier molecular flexibility index (Phi) is 4.91. The Hall–Kier alpha value is -0.970. The lowest BCUT2D eigenvalue weighted by Crippen LogP contribution is -2.49. The first-order valence-corrected chi connectivity index (χ1v) is 7.09. The van der Waals surface area contributed by atoms with E-state index < -0.39 is 0 Å². The Morgan fingerprint density at radius 3 is 2.53 bits per heavy atom. The number of carbonyl (C=O) groups is 1. The molecule has 4 nitrogen and oxygen atoms in total. The van der Waals surface area contributed by atoms with Gasteiger partial charge in [-0.1, -0.05) is 30.1 Å². The number of halogens is 2. The van der Waals surface area contributed by atoms with Crippen LogP contribution in [0.1, 0.15) is 6.92 Å². The van der Waals surface area contributed by atoms with E-state index in [9.17, 15) is 4.79 Å². The zero-order valence-corrected chi connectivity index (χ0v) is 12.3. The van der Waals surface area contributed by atoms with Crippen LogP contribution in [0.3, 0.4) is 0 Å². The molecule has 0 unspecified atom stereocenters. The molecule has 1 aliphatic rings. The third-order valence-electron chi connectivity index (χ3n) is 3.28. The Morgan fingerprint density at radius 2 is 1.95 bits per heavy atom. The molecule has 1 N–H and O–H groups in total. The van der Waals surface area contributed by atoms with Crippen molar-refractivity contribution in [2.24, 2.45) is 0 Å². The second-order valence-corrected chi connectivity index (χ2v) is 5.32. The highest BCUT2D eigenvalue weighted by Gasteiger charge is 2.20. The summed E-state index contributed by atoms with van der Waals surface area (Å²) in [5.74, 6) is 0. The number of likely N-dealkylation sites (N-methyl/N-ethyl adjacent to an activating group) is 1. The Labute approximate surface area is 123 Å². The van der Waals surface area contributed by atoms with Crippen LogP contribution in [0.2, 0.25) is 10.0 Å². The summed E-state index contributed by atoms with van der Waals surface area (Å²) in [5, 5.41) is 3.82. The van der Waals surface area contributed by atoms with Crippen LogP contribution in [-0.4, -0.2) is 48.6 Å². The maximum absolute atomic E-state index is 12.1. The van der Waals surface area contributed by atoms with Gasteiger partial charge in [0.15, 0.2) is 0 Å². The molecule has 6 heteroatoms. The van der Waals surface area contributed by atoms with Gasteiger partial charge >= 0.3 is 6.03 Å². The molecule has 0 radical (unpaired) electrons.